The van der Waals surface area contributed by atoms with Crippen LogP contribution in [0.4, 0.5) is 0 Å². The summed E-state index contributed by atoms with van der Waals surface area (Å²) in [4.78, 5) is 14.5. The Kier molecular flexibility index (Phi) is 6.51. The highest BCUT2D eigenvalue weighted by atomic mass is 32.2. The van der Waals surface area contributed by atoms with Crippen LogP contribution in [0.15, 0.2) is 29.2 Å². The zero-order valence-corrected chi connectivity index (χ0v) is 16.5. The number of piperazine rings is 1. The Morgan fingerprint density at radius 3 is 2.26 bits per heavy atom. The smallest absolute Gasteiger partial charge is 0.243 e. The summed E-state index contributed by atoms with van der Waals surface area (Å²) in [5.74, 6) is 0.830. The van der Waals surface area contributed by atoms with Crippen molar-refractivity contribution in [2.75, 3.05) is 26.2 Å². The van der Waals surface area contributed by atoms with Crippen molar-refractivity contribution in [2.45, 2.75) is 49.8 Å². The van der Waals surface area contributed by atoms with Crippen LogP contribution < -0.4 is 0 Å². The van der Waals surface area contributed by atoms with E-state index in [4.69, 9.17) is 5.26 Å². The highest BCUT2D eigenvalue weighted by molar-refractivity contribution is 7.89. The van der Waals surface area contributed by atoms with E-state index in [9.17, 15) is 13.2 Å². The first-order valence-corrected chi connectivity index (χ1v) is 11.2. The van der Waals surface area contributed by atoms with E-state index in [1.807, 2.05) is 6.07 Å². The predicted octanol–water partition coefficient (Wildman–Crippen LogP) is 2.75. The molecule has 146 valence electrons. The van der Waals surface area contributed by atoms with Crippen molar-refractivity contribution in [3.05, 3.63) is 29.8 Å². The van der Waals surface area contributed by atoms with E-state index in [1.165, 1.54) is 60.7 Å². The quantitative estimate of drug-likeness (QED) is 0.775. The lowest BCUT2D eigenvalue weighted by atomic mass is 9.86. The van der Waals surface area contributed by atoms with E-state index in [1.54, 1.807) is 4.90 Å². The van der Waals surface area contributed by atoms with Gasteiger partial charge in [0.15, 0.2) is 0 Å². The molecule has 1 aliphatic heterocycles. The standard InChI is InChI=1S/C20H27N3O3S/c21-16-18-6-9-19(10-7-18)27(25,26)23-14-12-22(13-15-23)20(24)11-8-17-4-2-1-3-5-17/h6-7,9-10,17H,1-5,8,11-15H2. The summed E-state index contributed by atoms with van der Waals surface area (Å²) in [7, 11) is -3.58. The van der Waals surface area contributed by atoms with Gasteiger partial charge in [-0.05, 0) is 36.6 Å². The second kappa shape index (κ2) is 8.85. The molecule has 2 aliphatic rings. The van der Waals surface area contributed by atoms with Crippen LogP contribution in [0.1, 0.15) is 50.5 Å². The zero-order valence-electron chi connectivity index (χ0n) is 15.6. The third-order valence-corrected chi connectivity index (χ3v) is 7.62. The van der Waals surface area contributed by atoms with E-state index >= 15 is 0 Å². The first kappa shape index (κ1) is 19.8. The van der Waals surface area contributed by atoms with Gasteiger partial charge in [-0.25, -0.2) is 8.42 Å². The number of sulfonamides is 1. The third-order valence-electron chi connectivity index (χ3n) is 5.70. The van der Waals surface area contributed by atoms with Crippen molar-refractivity contribution in [1.82, 2.24) is 9.21 Å². The number of amides is 1. The summed E-state index contributed by atoms with van der Waals surface area (Å²) < 4.78 is 26.9. The molecule has 7 heteroatoms. The maximum absolute atomic E-state index is 12.7. The van der Waals surface area contributed by atoms with Crippen molar-refractivity contribution in [2.24, 2.45) is 5.92 Å². The Morgan fingerprint density at radius 2 is 1.67 bits per heavy atom. The van der Waals surface area contributed by atoms with Crippen molar-refractivity contribution in [3.63, 3.8) is 0 Å². The number of carbonyl (C=O) groups excluding carboxylic acids is 1. The Hall–Kier alpha value is -1.91. The SMILES string of the molecule is N#Cc1ccc(S(=O)(=O)N2CCN(C(=O)CCC3CCCCC3)CC2)cc1. The lowest BCUT2D eigenvalue weighted by molar-refractivity contribution is -0.132. The average Bonchev–Trinajstić information content (AvgIpc) is 2.73. The molecule has 1 saturated carbocycles. The molecule has 27 heavy (non-hydrogen) atoms. The number of rotatable bonds is 5. The predicted molar refractivity (Wildman–Crippen MR) is 102 cm³/mol. The molecule has 1 heterocycles. The van der Waals surface area contributed by atoms with Crippen molar-refractivity contribution >= 4 is 15.9 Å². The Bertz CT molecular complexity index is 785. The van der Waals surface area contributed by atoms with Gasteiger partial charge in [-0.1, -0.05) is 32.1 Å². The molecule has 0 atom stereocenters. The fourth-order valence-electron chi connectivity index (χ4n) is 3.99. The molecule has 1 aliphatic carbocycles. The zero-order chi connectivity index (χ0) is 19.3. The Labute approximate surface area is 161 Å². The molecular weight excluding hydrogens is 362 g/mol. The van der Waals surface area contributed by atoms with Crippen molar-refractivity contribution in [1.29, 1.82) is 5.26 Å². The molecule has 1 aromatic carbocycles. The molecule has 0 aromatic heterocycles. The molecule has 6 nitrogen and oxygen atoms in total. The second-order valence-corrected chi connectivity index (χ2v) is 9.40. The molecule has 0 N–H and O–H groups in total. The largest absolute Gasteiger partial charge is 0.340 e. The first-order chi connectivity index (χ1) is 13.0. The number of hydrogen-bond acceptors (Lipinski definition) is 4. The number of benzene rings is 1. The molecule has 0 bridgehead atoms. The number of nitrogens with zero attached hydrogens (tertiary/aromatic N) is 3. The topological polar surface area (TPSA) is 81.5 Å². The van der Waals surface area contributed by atoms with E-state index < -0.39 is 10.0 Å². The van der Waals surface area contributed by atoms with E-state index in [0.29, 0.717) is 44.1 Å². The van der Waals surface area contributed by atoms with Gasteiger partial charge >= 0.3 is 0 Å². The summed E-state index contributed by atoms with van der Waals surface area (Å²) in [5, 5.41) is 8.84. The minimum atomic E-state index is -3.58. The van der Waals surface area contributed by atoms with Gasteiger partial charge in [0.1, 0.15) is 0 Å². The fraction of sp³-hybridized carbons (Fsp3) is 0.600. The van der Waals surface area contributed by atoms with Gasteiger partial charge in [-0.15, -0.1) is 0 Å². The van der Waals surface area contributed by atoms with Gasteiger partial charge in [-0.3, -0.25) is 4.79 Å². The molecule has 0 spiro atoms. The molecule has 1 aromatic rings. The maximum Gasteiger partial charge on any atom is 0.243 e. The monoisotopic (exact) mass is 389 g/mol. The summed E-state index contributed by atoms with van der Waals surface area (Å²) in [5.41, 5.74) is 0.433. The molecule has 0 radical (unpaired) electrons. The second-order valence-electron chi connectivity index (χ2n) is 7.46. The van der Waals surface area contributed by atoms with Gasteiger partial charge < -0.3 is 4.90 Å². The summed E-state index contributed by atoms with van der Waals surface area (Å²) in [6.07, 6.45) is 7.90. The van der Waals surface area contributed by atoms with Crippen LogP contribution in [0.25, 0.3) is 0 Å². The molecule has 1 saturated heterocycles. The first-order valence-electron chi connectivity index (χ1n) is 9.79. The van der Waals surface area contributed by atoms with Crippen molar-refractivity contribution in [3.8, 4) is 6.07 Å². The summed E-state index contributed by atoms with van der Waals surface area (Å²) >= 11 is 0. The number of nitriles is 1. The van der Waals surface area contributed by atoms with Gasteiger partial charge in [0, 0.05) is 32.6 Å². The fourth-order valence-corrected chi connectivity index (χ4v) is 5.41. The van der Waals surface area contributed by atoms with E-state index in [2.05, 4.69) is 0 Å². The minimum absolute atomic E-state index is 0.149. The van der Waals surface area contributed by atoms with Crippen LogP contribution in [0.2, 0.25) is 0 Å². The van der Waals surface area contributed by atoms with Crippen LogP contribution in [-0.4, -0.2) is 49.7 Å². The molecular formula is C20H27N3O3S. The highest BCUT2D eigenvalue weighted by Gasteiger charge is 2.30. The van der Waals surface area contributed by atoms with Gasteiger partial charge in [0.25, 0.3) is 0 Å². The molecule has 0 unspecified atom stereocenters. The van der Waals surface area contributed by atoms with Gasteiger partial charge in [0.2, 0.25) is 15.9 Å². The van der Waals surface area contributed by atoms with Crippen LogP contribution in [-0.2, 0) is 14.8 Å². The number of hydrogen-bond donors (Lipinski definition) is 0. The molecule has 3 rings (SSSR count). The van der Waals surface area contributed by atoms with E-state index in [0.717, 1.165) is 6.42 Å². The Morgan fingerprint density at radius 1 is 1.04 bits per heavy atom. The minimum Gasteiger partial charge on any atom is -0.340 e. The summed E-state index contributed by atoms with van der Waals surface area (Å²) in [6, 6.07) is 7.95. The lowest BCUT2D eigenvalue weighted by Crippen LogP contribution is -2.50. The van der Waals surface area contributed by atoms with Gasteiger partial charge in [-0.2, -0.15) is 9.57 Å². The van der Waals surface area contributed by atoms with Crippen molar-refractivity contribution < 1.29 is 13.2 Å². The summed E-state index contributed by atoms with van der Waals surface area (Å²) in [6.45, 7) is 1.52. The molecule has 2 fully saturated rings. The number of carbonyl (C=O) groups is 1. The van der Waals surface area contributed by atoms with Crippen LogP contribution in [0, 0.1) is 17.2 Å². The van der Waals surface area contributed by atoms with E-state index in [-0.39, 0.29) is 10.8 Å². The normalized spacial score (nSPS) is 19.6. The van der Waals surface area contributed by atoms with Gasteiger partial charge in [0.05, 0.1) is 16.5 Å². The Balaban J connectivity index is 1.51. The highest BCUT2D eigenvalue weighted by Crippen LogP contribution is 2.27. The third kappa shape index (κ3) is 4.88. The van der Waals surface area contributed by atoms with Crippen LogP contribution in [0.5, 0.6) is 0 Å². The molecule has 1 amide bonds. The van der Waals surface area contributed by atoms with Crippen LogP contribution >= 0.6 is 0 Å². The average molecular weight is 390 g/mol. The lowest BCUT2D eigenvalue weighted by Gasteiger charge is -2.34. The van der Waals surface area contributed by atoms with Crippen LogP contribution in [0.3, 0.4) is 0 Å². The maximum atomic E-state index is 12.7.